The lowest BCUT2D eigenvalue weighted by Crippen LogP contribution is -2.24. The molecule has 0 fully saturated rings. The van der Waals surface area contributed by atoms with Gasteiger partial charge >= 0.3 is 0 Å². The SMILES string of the molecule is CC(C)(C)n1ncc(-c2nc(CC(=O)NCc3ccccc3)cs2)c1-c1ccc(F)cc1. The van der Waals surface area contributed by atoms with E-state index in [0.717, 1.165) is 27.4 Å². The maximum absolute atomic E-state index is 13.5. The largest absolute Gasteiger partial charge is 0.352 e. The molecule has 32 heavy (non-hydrogen) atoms. The maximum Gasteiger partial charge on any atom is 0.226 e. The second kappa shape index (κ2) is 9.04. The number of nitrogens with one attached hydrogen (secondary N) is 1. The highest BCUT2D eigenvalue weighted by atomic mass is 32.1. The van der Waals surface area contributed by atoms with E-state index in [-0.39, 0.29) is 23.7 Å². The van der Waals surface area contributed by atoms with Crippen LogP contribution in [0.2, 0.25) is 0 Å². The number of aromatic nitrogens is 3. The van der Waals surface area contributed by atoms with Gasteiger partial charge in [-0.05, 0) is 50.6 Å². The number of nitrogens with zero attached hydrogens (tertiary/aromatic N) is 3. The molecule has 0 saturated heterocycles. The Morgan fingerprint density at radius 3 is 2.50 bits per heavy atom. The molecule has 4 aromatic rings. The van der Waals surface area contributed by atoms with Crippen molar-refractivity contribution in [2.75, 3.05) is 0 Å². The van der Waals surface area contributed by atoms with E-state index in [2.05, 4.69) is 31.2 Å². The number of carbonyl (C=O) groups is 1. The summed E-state index contributed by atoms with van der Waals surface area (Å²) in [6, 6.07) is 16.2. The van der Waals surface area contributed by atoms with Gasteiger partial charge in [0.1, 0.15) is 10.8 Å². The minimum atomic E-state index is -0.282. The van der Waals surface area contributed by atoms with Crippen molar-refractivity contribution in [2.24, 2.45) is 0 Å². The highest BCUT2D eigenvalue weighted by Crippen LogP contribution is 2.36. The third-order valence-corrected chi connectivity index (χ3v) is 5.90. The lowest BCUT2D eigenvalue weighted by Gasteiger charge is -2.23. The fourth-order valence-electron chi connectivity index (χ4n) is 3.43. The third kappa shape index (κ3) is 4.94. The van der Waals surface area contributed by atoms with E-state index in [0.29, 0.717) is 12.2 Å². The minimum Gasteiger partial charge on any atom is -0.352 e. The summed E-state index contributed by atoms with van der Waals surface area (Å²) in [5.41, 5.74) is 4.12. The van der Waals surface area contributed by atoms with E-state index in [4.69, 9.17) is 4.98 Å². The molecule has 0 unspecified atom stereocenters. The van der Waals surface area contributed by atoms with Gasteiger partial charge in [0.15, 0.2) is 0 Å². The summed E-state index contributed by atoms with van der Waals surface area (Å²) in [5.74, 6) is -0.356. The maximum atomic E-state index is 13.5. The number of halogens is 1. The van der Waals surface area contributed by atoms with E-state index in [9.17, 15) is 9.18 Å². The second-order valence-electron chi connectivity index (χ2n) is 8.58. The first-order valence-electron chi connectivity index (χ1n) is 10.4. The summed E-state index contributed by atoms with van der Waals surface area (Å²) >= 11 is 1.48. The van der Waals surface area contributed by atoms with Gasteiger partial charge in [-0.2, -0.15) is 5.10 Å². The predicted molar refractivity (Wildman–Crippen MR) is 126 cm³/mol. The predicted octanol–water partition coefficient (Wildman–Crippen LogP) is 5.43. The Morgan fingerprint density at radius 1 is 1.09 bits per heavy atom. The van der Waals surface area contributed by atoms with E-state index in [1.54, 1.807) is 18.3 Å². The van der Waals surface area contributed by atoms with E-state index >= 15 is 0 Å². The summed E-state index contributed by atoms with van der Waals surface area (Å²) in [6.45, 7) is 6.70. The van der Waals surface area contributed by atoms with Crippen molar-refractivity contribution >= 4 is 17.2 Å². The van der Waals surface area contributed by atoms with Crippen molar-refractivity contribution in [3.05, 3.63) is 83.2 Å². The molecule has 0 atom stereocenters. The summed E-state index contributed by atoms with van der Waals surface area (Å²) in [7, 11) is 0. The van der Waals surface area contributed by atoms with Crippen molar-refractivity contribution in [1.82, 2.24) is 20.1 Å². The van der Waals surface area contributed by atoms with Gasteiger partial charge in [-0.15, -0.1) is 11.3 Å². The number of hydrogen-bond acceptors (Lipinski definition) is 4. The smallest absolute Gasteiger partial charge is 0.226 e. The molecule has 0 aliphatic heterocycles. The number of benzene rings is 2. The van der Waals surface area contributed by atoms with Crippen molar-refractivity contribution in [2.45, 2.75) is 39.3 Å². The Hall–Kier alpha value is -3.32. The van der Waals surface area contributed by atoms with Gasteiger partial charge in [0.25, 0.3) is 0 Å². The topological polar surface area (TPSA) is 59.8 Å². The standard InChI is InChI=1S/C25H25FN4OS/c1-25(2,3)30-23(18-9-11-19(26)12-10-18)21(15-28-30)24-29-20(16-32-24)13-22(31)27-14-17-7-5-4-6-8-17/h4-12,15-16H,13-14H2,1-3H3,(H,27,31). The minimum absolute atomic E-state index is 0.0742. The molecule has 0 spiro atoms. The van der Waals surface area contributed by atoms with Crippen LogP contribution < -0.4 is 5.32 Å². The summed E-state index contributed by atoms with van der Waals surface area (Å²) < 4.78 is 15.4. The first kappa shape index (κ1) is 21.9. The van der Waals surface area contributed by atoms with Crippen molar-refractivity contribution in [3.63, 3.8) is 0 Å². The first-order valence-corrected chi connectivity index (χ1v) is 11.3. The van der Waals surface area contributed by atoms with E-state index in [1.807, 2.05) is 40.4 Å². The van der Waals surface area contributed by atoms with Crippen LogP contribution in [0.1, 0.15) is 32.0 Å². The number of hydrogen-bond donors (Lipinski definition) is 1. The van der Waals surface area contributed by atoms with Crippen molar-refractivity contribution in [3.8, 4) is 21.8 Å². The van der Waals surface area contributed by atoms with Crippen LogP contribution in [-0.2, 0) is 23.3 Å². The van der Waals surface area contributed by atoms with Gasteiger partial charge in [-0.25, -0.2) is 9.37 Å². The molecule has 2 aromatic heterocycles. The van der Waals surface area contributed by atoms with Crippen LogP contribution in [0.15, 0.2) is 66.2 Å². The van der Waals surface area contributed by atoms with Crippen LogP contribution in [0.3, 0.4) is 0 Å². The molecule has 1 N–H and O–H groups in total. The fourth-order valence-corrected chi connectivity index (χ4v) is 4.26. The molecular formula is C25H25FN4OS. The average molecular weight is 449 g/mol. The third-order valence-electron chi connectivity index (χ3n) is 4.98. The van der Waals surface area contributed by atoms with Crippen LogP contribution in [0.5, 0.6) is 0 Å². The summed E-state index contributed by atoms with van der Waals surface area (Å²) in [6.07, 6.45) is 2.00. The van der Waals surface area contributed by atoms with Gasteiger partial charge in [-0.3, -0.25) is 9.48 Å². The van der Waals surface area contributed by atoms with Crippen molar-refractivity contribution < 1.29 is 9.18 Å². The lowest BCUT2D eigenvalue weighted by atomic mass is 10.0. The fraction of sp³-hybridized carbons (Fsp3) is 0.240. The van der Waals surface area contributed by atoms with Gasteiger partial charge in [0, 0.05) is 17.5 Å². The number of rotatable bonds is 6. The molecule has 2 aromatic carbocycles. The van der Waals surface area contributed by atoms with Gasteiger partial charge in [-0.1, -0.05) is 30.3 Å². The Bertz CT molecular complexity index is 1210. The van der Waals surface area contributed by atoms with Crippen molar-refractivity contribution in [1.29, 1.82) is 0 Å². The quantitative estimate of drug-likeness (QED) is 0.428. The van der Waals surface area contributed by atoms with Crippen LogP contribution in [0.4, 0.5) is 4.39 Å². The summed E-state index contributed by atoms with van der Waals surface area (Å²) in [5, 5.41) is 10.2. The molecule has 7 heteroatoms. The van der Waals surface area contributed by atoms with Crippen LogP contribution in [0, 0.1) is 5.82 Å². The summed E-state index contributed by atoms with van der Waals surface area (Å²) in [4.78, 5) is 17.1. The first-order chi connectivity index (χ1) is 15.3. The molecule has 0 radical (unpaired) electrons. The zero-order valence-corrected chi connectivity index (χ0v) is 19.1. The zero-order chi connectivity index (χ0) is 22.7. The highest BCUT2D eigenvalue weighted by molar-refractivity contribution is 7.13. The van der Waals surface area contributed by atoms with Gasteiger partial charge in [0.2, 0.25) is 5.91 Å². The van der Waals surface area contributed by atoms with Gasteiger partial charge in [0.05, 0.1) is 35.1 Å². The van der Waals surface area contributed by atoms with Crippen LogP contribution in [0.25, 0.3) is 21.8 Å². The Labute approximate surface area is 191 Å². The second-order valence-corrected chi connectivity index (χ2v) is 9.44. The molecular weight excluding hydrogens is 423 g/mol. The molecule has 164 valence electrons. The average Bonchev–Trinajstić information content (AvgIpc) is 3.40. The van der Waals surface area contributed by atoms with E-state index < -0.39 is 0 Å². The Morgan fingerprint density at radius 2 is 1.81 bits per heavy atom. The van der Waals surface area contributed by atoms with E-state index in [1.165, 1.54) is 23.5 Å². The molecule has 0 aliphatic carbocycles. The van der Waals surface area contributed by atoms with Gasteiger partial charge < -0.3 is 5.32 Å². The molecule has 0 aliphatic rings. The monoisotopic (exact) mass is 448 g/mol. The molecule has 4 rings (SSSR count). The van der Waals surface area contributed by atoms with Crippen LogP contribution in [-0.4, -0.2) is 20.7 Å². The Kier molecular flexibility index (Phi) is 6.19. The van der Waals surface area contributed by atoms with Crippen LogP contribution >= 0.6 is 11.3 Å². The molecule has 5 nitrogen and oxygen atoms in total. The molecule has 0 saturated carbocycles. The highest BCUT2D eigenvalue weighted by Gasteiger charge is 2.24. The molecule has 0 bridgehead atoms. The normalized spacial score (nSPS) is 11.5. The zero-order valence-electron chi connectivity index (χ0n) is 18.3. The lowest BCUT2D eigenvalue weighted by molar-refractivity contribution is -0.120. The number of amides is 1. The number of carbonyl (C=O) groups excluding carboxylic acids is 1. The number of thiazole rings is 1. The Balaban J connectivity index is 1.56. The molecule has 1 amide bonds. The molecule has 2 heterocycles.